The Labute approximate surface area is 97.9 Å². The molecule has 88 valence electrons. The lowest BCUT2D eigenvalue weighted by Gasteiger charge is -2.11. The first-order chi connectivity index (χ1) is 7.59. The van der Waals surface area contributed by atoms with E-state index in [2.05, 4.69) is 38.1 Å². The summed E-state index contributed by atoms with van der Waals surface area (Å²) in [5.74, 6) is 0.457. The number of carbonyl (C=O) groups excluding carboxylic acids is 1. The number of primary amides is 1. The van der Waals surface area contributed by atoms with Crippen LogP contribution in [0, 0.1) is 5.92 Å². The van der Waals surface area contributed by atoms with Crippen LogP contribution in [-0.2, 0) is 17.6 Å². The Kier molecular flexibility index (Phi) is 5.03. The lowest BCUT2D eigenvalue weighted by molar-refractivity contribution is -0.118. The van der Waals surface area contributed by atoms with E-state index in [0.29, 0.717) is 12.3 Å². The van der Waals surface area contributed by atoms with Gasteiger partial charge in [-0.25, -0.2) is 0 Å². The highest BCUT2D eigenvalue weighted by Gasteiger charge is 2.04. The largest absolute Gasteiger partial charge is 0.370 e. The molecule has 0 bridgehead atoms. The molecule has 0 aliphatic rings. The molecule has 1 aromatic rings. The van der Waals surface area contributed by atoms with Gasteiger partial charge in [0, 0.05) is 6.42 Å². The molecule has 0 fully saturated rings. The van der Waals surface area contributed by atoms with Gasteiger partial charge in [-0.2, -0.15) is 0 Å². The zero-order valence-corrected chi connectivity index (χ0v) is 10.2. The summed E-state index contributed by atoms with van der Waals surface area (Å²) in [5.41, 5.74) is 7.90. The zero-order chi connectivity index (χ0) is 12.0. The molecule has 16 heavy (non-hydrogen) atoms. The fourth-order valence-electron chi connectivity index (χ4n) is 1.89. The number of rotatable bonds is 6. The minimum Gasteiger partial charge on any atom is -0.370 e. The van der Waals surface area contributed by atoms with Crippen LogP contribution in [0.15, 0.2) is 24.3 Å². The molecule has 0 heterocycles. The highest BCUT2D eigenvalue weighted by Crippen LogP contribution is 2.16. The standard InChI is InChI=1S/C14H21NO/c1-11(2)10-13-7-4-3-6-12(13)8-5-9-14(15)16/h3-4,6-7,11H,5,8-10H2,1-2H3,(H2,15,16). The fraction of sp³-hybridized carbons (Fsp3) is 0.500. The average molecular weight is 219 g/mol. The van der Waals surface area contributed by atoms with E-state index in [9.17, 15) is 4.79 Å². The number of benzene rings is 1. The van der Waals surface area contributed by atoms with E-state index in [4.69, 9.17) is 5.73 Å². The van der Waals surface area contributed by atoms with E-state index >= 15 is 0 Å². The number of hydrogen-bond acceptors (Lipinski definition) is 1. The maximum Gasteiger partial charge on any atom is 0.217 e. The summed E-state index contributed by atoms with van der Waals surface area (Å²) in [6.07, 6.45) is 3.39. The normalized spacial score (nSPS) is 10.7. The fourth-order valence-corrected chi connectivity index (χ4v) is 1.89. The number of carbonyl (C=O) groups is 1. The Hall–Kier alpha value is -1.31. The van der Waals surface area contributed by atoms with Crippen LogP contribution in [0.2, 0.25) is 0 Å². The summed E-state index contributed by atoms with van der Waals surface area (Å²) in [6.45, 7) is 4.44. The van der Waals surface area contributed by atoms with Crippen molar-refractivity contribution < 1.29 is 4.79 Å². The van der Waals surface area contributed by atoms with E-state index in [1.54, 1.807) is 0 Å². The third kappa shape index (κ3) is 4.47. The third-order valence-electron chi connectivity index (χ3n) is 2.62. The highest BCUT2D eigenvalue weighted by atomic mass is 16.1. The van der Waals surface area contributed by atoms with Crippen LogP contribution in [0.3, 0.4) is 0 Å². The van der Waals surface area contributed by atoms with E-state index in [-0.39, 0.29) is 5.91 Å². The Morgan fingerprint density at radius 2 is 1.88 bits per heavy atom. The van der Waals surface area contributed by atoms with Crippen molar-refractivity contribution in [2.24, 2.45) is 11.7 Å². The smallest absolute Gasteiger partial charge is 0.217 e. The maximum absolute atomic E-state index is 10.7. The van der Waals surface area contributed by atoms with Crippen LogP contribution in [-0.4, -0.2) is 5.91 Å². The molecule has 0 aromatic heterocycles. The lowest BCUT2D eigenvalue weighted by Crippen LogP contribution is -2.10. The number of hydrogen-bond donors (Lipinski definition) is 1. The number of nitrogens with two attached hydrogens (primary N) is 1. The van der Waals surface area contributed by atoms with Gasteiger partial charge < -0.3 is 5.73 Å². The van der Waals surface area contributed by atoms with Gasteiger partial charge in [-0.1, -0.05) is 38.1 Å². The molecule has 1 rings (SSSR count). The molecular weight excluding hydrogens is 198 g/mol. The van der Waals surface area contributed by atoms with Gasteiger partial charge in [0.2, 0.25) is 5.91 Å². The molecule has 2 N–H and O–H groups in total. The third-order valence-corrected chi connectivity index (χ3v) is 2.62. The van der Waals surface area contributed by atoms with Gasteiger partial charge in [-0.3, -0.25) is 4.79 Å². The summed E-state index contributed by atoms with van der Waals surface area (Å²) in [4.78, 5) is 10.7. The van der Waals surface area contributed by atoms with Crippen LogP contribution in [0.1, 0.15) is 37.8 Å². The first-order valence-corrected chi connectivity index (χ1v) is 5.94. The van der Waals surface area contributed by atoms with Gasteiger partial charge >= 0.3 is 0 Å². The van der Waals surface area contributed by atoms with E-state index in [1.807, 2.05) is 0 Å². The van der Waals surface area contributed by atoms with Crippen LogP contribution in [0.4, 0.5) is 0 Å². The van der Waals surface area contributed by atoms with Crippen molar-refractivity contribution in [2.45, 2.75) is 39.5 Å². The first kappa shape index (κ1) is 12.8. The monoisotopic (exact) mass is 219 g/mol. The molecule has 1 amide bonds. The van der Waals surface area contributed by atoms with Crippen LogP contribution >= 0.6 is 0 Å². The van der Waals surface area contributed by atoms with Crippen molar-refractivity contribution in [3.05, 3.63) is 35.4 Å². The predicted molar refractivity (Wildman–Crippen MR) is 67.1 cm³/mol. The Balaban J connectivity index is 2.60. The molecule has 0 unspecified atom stereocenters. The van der Waals surface area contributed by atoms with Crippen LogP contribution < -0.4 is 5.73 Å². The summed E-state index contributed by atoms with van der Waals surface area (Å²) in [6, 6.07) is 8.47. The van der Waals surface area contributed by atoms with Gasteiger partial charge in [-0.05, 0) is 36.3 Å². The first-order valence-electron chi connectivity index (χ1n) is 5.94. The van der Waals surface area contributed by atoms with Gasteiger partial charge in [0.1, 0.15) is 0 Å². The highest BCUT2D eigenvalue weighted by molar-refractivity contribution is 5.73. The SMILES string of the molecule is CC(C)Cc1ccccc1CCCC(N)=O. The molecule has 2 heteroatoms. The van der Waals surface area contributed by atoms with E-state index < -0.39 is 0 Å². The van der Waals surface area contributed by atoms with Gasteiger partial charge in [0.05, 0.1) is 0 Å². The molecule has 0 atom stereocenters. The van der Waals surface area contributed by atoms with Crippen LogP contribution in [0.5, 0.6) is 0 Å². The minimum absolute atomic E-state index is 0.207. The summed E-state index contributed by atoms with van der Waals surface area (Å²) < 4.78 is 0. The van der Waals surface area contributed by atoms with Crippen molar-refractivity contribution in [3.63, 3.8) is 0 Å². The molecule has 0 saturated heterocycles. The van der Waals surface area contributed by atoms with E-state index in [0.717, 1.165) is 19.3 Å². The number of aryl methyl sites for hydroxylation is 1. The summed E-state index contributed by atoms with van der Waals surface area (Å²) in [5, 5.41) is 0. The second-order valence-electron chi connectivity index (χ2n) is 4.69. The molecular formula is C14H21NO. The second kappa shape index (κ2) is 6.31. The van der Waals surface area contributed by atoms with Crippen molar-refractivity contribution in [1.82, 2.24) is 0 Å². The topological polar surface area (TPSA) is 43.1 Å². The minimum atomic E-state index is -0.207. The summed E-state index contributed by atoms with van der Waals surface area (Å²) >= 11 is 0. The molecule has 1 aromatic carbocycles. The zero-order valence-electron chi connectivity index (χ0n) is 10.2. The van der Waals surface area contributed by atoms with E-state index in [1.165, 1.54) is 11.1 Å². The molecule has 0 aliphatic heterocycles. The van der Waals surface area contributed by atoms with Gasteiger partial charge in [-0.15, -0.1) is 0 Å². The average Bonchev–Trinajstić information content (AvgIpc) is 2.19. The lowest BCUT2D eigenvalue weighted by atomic mass is 9.95. The second-order valence-corrected chi connectivity index (χ2v) is 4.69. The predicted octanol–water partition coefficient (Wildman–Crippen LogP) is 2.69. The molecule has 2 nitrogen and oxygen atoms in total. The summed E-state index contributed by atoms with van der Waals surface area (Å²) in [7, 11) is 0. The van der Waals surface area contributed by atoms with Crippen molar-refractivity contribution >= 4 is 5.91 Å². The molecule has 0 aliphatic carbocycles. The number of amides is 1. The Bertz CT molecular complexity index is 344. The Morgan fingerprint density at radius 3 is 2.44 bits per heavy atom. The van der Waals surface area contributed by atoms with Gasteiger partial charge in [0.25, 0.3) is 0 Å². The van der Waals surface area contributed by atoms with Crippen LogP contribution in [0.25, 0.3) is 0 Å². The quantitative estimate of drug-likeness (QED) is 0.785. The molecule has 0 spiro atoms. The maximum atomic E-state index is 10.7. The van der Waals surface area contributed by atoms with Crippen molar-refractivity contribution in [1.29, 1.82) is 0 Å². The van der Waals surface area contributed by atoms with Crippen molar-refractivity contribution in [2.75, 3.05) is 0 Å². The van der Waals surface area contributed by atoms with Gasteiger partial charge in [0.15, 0.2) is 0 Å². The molecule has 0 radical (unpaired) electrons. The van der Waals surface area contributed by atoms with Crippen molar-refractivity contribution in [3.8, 4) is 0 Å². The molecule has 0 saturated carbocycles. The Morgan fingerprint density at radius 1 is 1.25 bits per heavy atom.